The summed E-state index contributed by atoms with van der Waals surface area (Å²) < 4.78 is 1.29. The van der Waals surface area contributed by atoms with Crippen LogP contribution in [0, 0.1) is 0 Å². The topological polar surface area (TPSA) is 75.1 Å². The highest BCUT2D eigenvalue weighted by atomic mass is 16.4. The number of rotatable bonds is 2. The summed E-state index contributed by atoms with van der Waals surface area (Å²) in [5.41, 5.74) is 0.564. The van der Waals surface area contributed by atoms with Crippen LogP contribution in [0.3, 0.4) is 0 Å². The molecule has 0 saturated heterocycles. The molecule has 5 heteroatoms. The summed E-state index contributed by atoms with van der Waals surface area (Å²) in [6, 6.07) is 8.93. The summed E-state index contributed by atoms with van der Waals surface area (Å²) >= 11 is 0. The number of carbonyl (C=O) groups is 1. The number of aromatic amines is 1. The van der Waals surface area contributed by atoms with Crippen LogP contribution >= 0.6 is 0 Å². The molecular formula is C11H10N2O3. The normalized spacial score (nSPS) is 10.3. The van der Waals surface area contributed by atoms with Crippen molar-refractivity contribution in [3.63, 3.8) is 0 Å². The Morgan fingerprint density at radius 1 is 1.31 bits per heavy atom. The molecule has 0 spiro atoms. The molecular weight excluding hydrogens is 208 g/mol. The molecule has 1 aromatic heterocycles. The molecule has 1 aromatic carbocycles. The lowest BCUT2D eigenvalue weighted by Crippen LogP contribution is -2.13. The monoisotopic (exact) mass is 218 g/mol. The van der Waals surface area contributed by atoms with E-state index >= 15 is 0 Å². The number of aromatic nitrogens is 2. The van der Waals surface area contributed by atoms with E-state index < -0.39 is 11.7 Å². The Bertz CT molecular complexity index is 581. The van der Waals surface area contributed by atoms with E-state index in [1.54, 1.807) is 24.3 Å². The maximum atomic E-state index is 11.4. The second-order valence-corrected chi connectivity index (χ2v) is 3.38. The van der Waals surface area contributed by atoms with Crippen LogP contribution in [-0.2, 0) is 7.05 Å². The van der Waals surface area contributed by atoms with Gasteiger partial charge in [-0.25, -0.2) is 9.59 Å². The molecule has 0 atom stereocenters. The minimum atomic E-state index is -1.14. The van der Waals surface area contributed by atoms with E-state index in [2.05, 4.69) is 4.98 Å². The Balaban J connectivity index is 2.73. The van der Waals surface area contributed by atoms with Gasteiger partial charge in [-0.05, 0) is 0 Å². The van der Waals surface area contributed by atoms with Crippen molar-refractivity contribution in [1.82, 2.24) is 9.55 Å². The first-order valence-electron chi connectivity index (χ1n) is 4.69. The summed E-state index contributed by atoms with van der Waals surface area (Å²) in [6.07, 6.45) is 0. The Hall–Kier alpha value is -2.30. The molecule has 0 amide bonds. The second-order valence-electron chi connectivity index (χ2n) is 3.38. The number of hydrogen-bond donors (Lipinski definition) is 2. The molecule has 0 bridgehead atoms. The predicted octanol–water partition coefficient (Wildman–Crippen LogP) is 1.08. The highest BCUT2D eigenvalue weighted by molar-refractivity contribution is 5.92. The highest BCUT2D eigenvalue weighted by Gasteiger charge is 2.18. The molecule has 1 heterocycles. The van der Waals surface area contributed by atoms with Crippen molar-refractivity contribution < 1.29 is 9.90 Å². The van der Waals surface area contributed by atoms with Crippen LogP contribution in [0.25, 0.3) is 11.3 Å². The van der Waals surface area contributed by atoms with E-state index in [0.29, 0.717) is 11.3 Å². The number of nitrogens with one attached hydrogen (secondary N) is 1. The van der Waals surface area contributed by atoms with Crippen LogP contribution in [0.2, 0.25) is 0 Å². The largest absolute Gasteiger partial charge is 0.477 e. The smallest absolute Gasteiger partial charge is 0.354 e. The fourth-order valence-corrected chi connectivity index (χ4v) is 1.61. The number of carboxylic acid groups (broad SMARTS) is 1. The van der Waals surface area contributed by atoms with Gasteiger partial charge in [0.1, 0.15) is 0 Å². The molecule has 0 fully saturated rings. The molecule has 16 heavy (non-hydrogen) atoms. The average molecular weight is 218 g/mol. The molecule has 0 aliphatic carbocycles. The van der Waals surface area contributed by atoms with Crippen molar-refractivity contribution in [3.05, 3.63) is 46.5 Å². The van der Waals surface area contributed by atoms with Crippen LogP contribution in [0.1, 0.15) is 10.5 Å². The van der Waals surface area contributed by atoms with Crippen LogP contribution in [0.15, 0.2) is 35.1 Å². The van der Waals surface area contributed by atoms with Crippen molar-refractivity contribution in [1.29, 1.82) is 0 Å². The maximum absolute atomic E-state index is 11.4. The van der Waals surface area contributed by atoms with Gasteiger partial charge in [0.05, 0.1) is 5.69 Å². The summed E-state index contributed by atoms with van der Waals surface area (Å²) in [7, 11) is 1.54. The van der Waals surface area contributed by atoms with Gasteiger partial charge in [-0.2, -0.15) is 0 Å². The Morgan fingerprint density at radius 2 is 1.94 bits per heavy atom. The fraction of sp³-hybridized carbons (Fsp3) is 0.0909. The summed E-state index contributed by atoms with van der Waals surface area (Å²) in [5, 5.41) is 8.98. The standard InChI is InChI=1S/C11H10N2O3/c1-13-9(7-5-3-2-4-6-7)8(10(14)15)12-11(13)16/h2-6H,1H3,(H,12,16)(H,14,15). The number of imidazole rings is 1. The van der Waals surface area contributed by atoms with Crippen molar-refractivity contribution in [2.24, 2.45) is 7.05 Å². The molecule has 0 radical (unpaired) electrons. The van der Waals surface area contributed by atoms with E-state index in [0.717, 1.165) is 0 Å². The highest BCUT2D eigenvalue weighted by Crippen LogP contribution is 2.20. The number of aromatic carboxylic acids is 1. The van der Waals surface area contributed by atoms with Crippen molar-refractivity contribution in [3.8, 4) is 11.3 Å². The zero-order valence-electron chi connectivity index (χ0n) is 8.60. The van der Waals surface area contributed by atoms with E-state index in [-0.39, 0.29) is 5.69 Å². The van der Waals surface area contributed by atoms with E-state index in [4.69, 9.17) is 5.11 Å². The molecule has 0 aliphatic heterocycles. The zero-order valence-corrected chi connectivity index (χ0v) is 8.60. The van der Waals surface area contributed by atoms with Gasteiger partial charge in [-0.1, -0.05) is 30.3 Å². The molecule has 2 N–H and O–H groups in total. The molecule has 82 valence electrons. The first kappa shape index (κ1) is 10.2. The van der Waals surface area contributed by atoms with E-state index in [9.17, 15) is 9.59 Å². The second kappa shape index (κ2) is 3.69. The van der Waals surface area contributed by atoms with E-state index in [1.807, 2.05) is 6.07 Å². The Kier molecular flexibility index (Phi) is 2.36. The zero-order chi connectivity index (χ0) is 11.7. The minimum Gasteiger partial charge on any atom is -0.477 e. The number of nitrogens with zero attached hydrogens (tertiary/aromatic N) is 1. The van der Waals surface area contributed by atoms with Gasteiger partial charge in [0.15, 0.2) is 5.69 Å². The van der Waals surface area contributed by atoms with Gasteiger partial charge in [0.2, 0.25) is 0 Å². The molecule has 0 unspecified atom stereocenters. The Labute approximate surface area is 91.0 Å². The molecule has 0 saturated carbocycles. The quantitative estimate of drug-likeness (QED) is 0.791. The lowest BCUT2D eigenvalue weighted by molar-refractivity contribution is 0.0691. The lowest BCUT2D eigenvalue weighted by atomic mass is 10.1. The van der Waals surface area contributed by atoms with Crippen molar-refractivity contribution in [2.45, 2.75) is 0 Å². The minimum absolute atomic E-state index is 0.0845. The van der Waals surface area contributed by atoms with Crippen molar-refractivity contribution in [2.75, 3.05) is 0 Å². The summed E-state index contributed by atoms with van der Waals surface area (Å²) in [5.74, 6) is -1.14. The van der Waals surface area contributed by atoms with Crippen LogP contribution < -0.4 is 5.69 Å². The number of H-pyrrole nitrogens is 1. The predicted molar refractivity (Wildman–Crippen MR) is 58.4 cm³/mol. The van der Waals surface area contributed by atoms with E-state index in [1.165, 1.54) is 11.6 Å². The Morgan fingerprint density at radius 3 is 2.50 bits per heavy atom. The summed E-state index contributed by atoms with van der Waals surface area (Å²) in [4.78, 5) is 24.7. The molecule has 0 aliphatic rings. The first-order valence-corrected chi connectivity index (χ1v) is 4.69. The van der Waals surface area contributed by atoms with Crippen LogP contribution in [-0.4, -0.2) is 20.6 Å². The van der Waals surface area contributed by atoms with Crippen LogP contribution in [0.5, 0.6) is 0 Å². The SMILES string of the molecule is Cn1c(-c2ccccc2)c(C(=O)O)[nH]c1=O. The number of carboxylic acids is 1. The molecule has 5 nitrogen and oxygen atoms in total. The third-order valence-electron chi connectivity index (χ3n) is 2.37. The number of hydrogen-bond acceptors (Lipinski definition) is 2. The molecule has 2 aromatic rings. The third-order valence-corrected chi connectivity index (χ3v) is 2.37. The van der Waals surface area contributed by atoms with Gasteiger partial charge < -0.3 is 5.11 Å². The lowest BCUT2D eigenvalue weighted by Gasteiger charge is -2.02. The number of benzene rings is 1. The molecule has 2 rings (SSSR count). The van der Waals surface area contributed by atoms with Gasteiger partial charge in [-0.3, -0.25) is 9.55 Å². The summed E-state index contributed by atoms with van der Waals surface area (Å²) in [6.45, 7) is 0. The van der Waals surface area contributed by atoms with Crippen LogP contribution in [0.4, 0.5) is 0 Å². The average Bonchev–Trinajstić information content (AvgIpc) is 2.57. The van der Waals surface area contributed by atoms with Gasteiger partial charge in [0.25, 0.3) is 0 Å². The third kappa shape index (κ3) is 1.52. The first-order chi connectivity index (χ1) is 7.61. The van der Waals surface area contributed by atoms with Gasteiger partial charge in [-0.15, -0.1) is 0 Å². The fourth-order valence-electron chi connectivity index (χ4n) is 1.61. The van der Waals surface area contributed by atoms with Gasteiger partial charge >= 0.3 is 11.7 Å². The van der Waals surface area contributed by atoms with Gasteiger partial charge in [0, 0.05) is 12.6 Å². The van der Waals surface area contributed by atoms with Crippen molar-refractivity contribution >= 4 is 5.97 Å². The maximum Gasteiger partial charge on any atom is 0.354 e.